The molecule has 0 aromatic heterocycles. The molecule has 0 aliphatic carbocycles. The number of fused-ring (bicyclic) bond motifs is 1. The summed E-state index contributed by atoms with van der Waals surface area (Å²) in [6, 6.07) is 33.7. The van der Waals surface area contributed by atoms with Gasteiger partial charge < -0.3 is 40.8 Å². The number of nitrogens with one attached hydrogen (secondary N) is 5. The number of amides is 5. The molecule has 2 fully saturated rings. The number of esters is 1. The summed E-state index contributed by atoms with van der Waals surface area (Å²) in [6.07, 6.45) is 2.99. The summed E-state index contributed by atoms with van der Waals surface area (Å²) in [6.45, 7) is 1.83. The minimum Gasteiger partial charge on any atom is -0.484 e. The second kappa shape index (κ2) is 23.3. The van der Waals surface area contributed by atoms with Crippen LogP contribution >= 0.6 is 11.8 Å². The normalized spacial score (nSPS) is 16.4. The lowest BCUT2D eigenvalue weighted by molar-refractivity contribution is -0.146. The fraction of sp³-hybridized carbons (Fsp3) is 0.294. The topological polar surface area (TPSA) is 190 Å². The van der Waals surface area contributed by atoms with Crippen molar-refractivity contribution < 1.29 is 47.4 Å². The number of halogens is 1. The molecule has 1 unspecified atom stereocenters. The largest absolute Gasteiger partial charge is 0.484 e. The Kier molecular flexibility index (Phi) is 16.6. The van der Waals surface area contributed by atoms with Crippen LogP contribution in [-0.2, 0) is 30.5 Å². The fourth-order valence-corrected chi connectivity index (χ4v) is 9.19. The first-order chi connectivity index (χ1) is 32.5. The minimum absolute atomic E-state index is 0.0764. The molecule has 2 saturated heterocycles. The quantitative estimate of drug-likeness (QED) is 0.0211. The van der Waals surface area contributed by atoms with Gasteiger partial charge in [-0.15, -0.1) is 0 Å². The van der Waals surface area contributed by atoms with Crippen molar-refractivity contribution in [2.45, 2.75) is 62.5 Å². The van der Waals surface area contributed by atoms with Crippen LogP contribution in [0.5, 0.6) is 11.5 Å². The van der Waals surface area contributed by atoms with Crippen molar-refractivity contribution in [3.63, 3.8) is 0 Å². The maximum atomic E-state index is 15.2. The Hall–Kier alpha value is -7.20. The van der Waals surface area contributed by atoms with Gasteiger partial charge in [0.1, 0.15) is 23.9 Å². The molecule has 4 atom stereocenters. The van der Waals surface area contributed by atoms with Crippen molar-refractivity contribution in [2.24, 2.45) is 0 Å². The van der Waals surface area contributed by atoms with Crippen LogP contribution in [0.1, 0.15) is 65.6 Å². The highest BCUT2D eigenvalue weighted by Gasteiger charge is 2.42. The number of hydrogen-bond acceptors (Lipinski definition) is 10. The third-order valence-corrected chi connectivity index (χ3v) is 12.9. The van der Waals surface area contributed by atoms with E-state index in [4.69, 9.17) is 14.2 Å². The summed E-state index contributed by atoms with van der Waals surface area (Å²) in [5.74, 6) is -0.997. The van der Waals surface area contributed by atoms with E-state index in [0.29, 0.717) is 63.2 Å². The van der Waals surface area contributed by atoms with Crippen LogP contribution in [0.2, 0.25) is 0 Å². The van der Waals surface area contributed by atoms with E-state index in [1.165, 1.54) is 6.07 Å². The monoisotopic (exact) mass is 929 g/mol. The van der Waals surface area contributed by atoms with E-state index in [2.05, 4.69) is 26.6 Å². The van der Waals surface area contributed by atoms with E-state index >= 15 is 4.39 Å². The molecule has 0 bridgehead atoms. The highest BCUT2D eigenvalue weighted by molar-refractivity contribution is 8.00. The predicted molar refractivity (Wildman–Crippen MR) is 252 cm³/mol. The molecule has 0 spiro atoms. The van der Waals surface area contributed by atoms with Crippen molar-refractivity contribution in [1.82, 2.24) is 21.3 Å². The van der Waals surface area contributed by atoms with Crippen LogP contribution < -0.4 is 36.1 Å². The lowest BCUT2D eigenvalue weighted by Gasteiger charge is -2.16. The summed E-state index contributed by atoms with van der Waals surface area (Å²) in [5, 5.41) is 14.6. The van der Waals surface area contributed by atoms with Crippen molar-refractivity contribution in [2.75, 3.05) is 37.4 Å². The van der Waals surface area contributed by atoms with Gasteiger partial charge >= 0.3 is 12.0 Å². The number of rotatable bonds is 22. The van der Waals surface area contributed by atoms with Crippen LogP contribution in [0, 0.1) is 5.82 Å². The molecule has 0 radical (unpaired) electrons. The number of thioether (sulfide) groups is 1. The Morgan fingerprint density at radius 1 is 0.746 bits per heavy atom. The van der Waals surface area contributed by atoms with E-state index in [1.807, 2.05) is 42.1 Å². The Balaban J connectivity index is 0.759. The van der Waals surface area contributed by atoms with E-state index in [0.717, 1.165) is 30.6 Å². The second-order valence-corrected chi connectivity index (χ2v) is 17.5. The van der Waals surface area contributed by atoms with Gasteiger partial charge in [0.15, 0.2) is 19.0 Å². The molecular weight excluding hydrogens is 878 g/mol. The summed E-state index contributed by atoms with van der Waals surface area (Å²) < 4.78 is 31.9. The number of hydrogen-bond donors (Lipinski definition) is 5. The number of urea groups is 1. The van der Waals surface area contributed by atoms with Crippen molar-refractivity contribution >= 4 is 53.0 Å². The maximum absolute atomic E-state index is 15.2. The van der Waals surface area contributed by atoms with Crippen LogP contribution in [-0.4, -0.2) is 84.9 Å². The van der Waals surface area contributed by atoms with Gasteiger partial charge in [-0.1, -0.05) is 61.0 Å². The number of anilines is 1. The molecule has 348 valence electrons. The lowest BCUT2D eigenvalue weighted by Crippen LogP contribution is -2.37. The summed E-state index contributed by atoms with van der Waals surface area (Å²) in [4.78, 5) is 74.5. The number of ketones is 1. The Morgan fingerprint density at radius 3 is 2.04 bits per heavy atom. The molecule has 0 saturated carbocycles. The Morgan fingerprint density at radius 2 is 1.39 bits per heavy atom. The number of carbonyl (C=O) groups excluding carboxylic acids is 6. The van der Waals surface area contributed by atoms with Crippen LogP contribution in [0.25, 0.3) is 11.1 Å². The van der Waals surface area contributed by atoms with E-state index in [9.17, 15) is 28.8 Å². The average molecular weight is 930 g/mol. The first kappa shape index (κ1) is 47.8. The molecule has 2 aliphatic heterocycles. The average Bonchev–Trinajstić information content (AvgIpc) is 3.91. The maximum Gasteiger partial charge on any atom is 0.315 e. The number of benzene rings is 5. The zero-order chi connectivity index (χ0) is 47.1. The van der Waals surface area contributed by atoms with Crippen molar-refractivity contribution in [3.05, 3.63) is 149 Å². The van der Waals surface area contributed by atoms with Crippen molar-refractivity contribution in [3.8, 4) is 22.6 Å². The van der Waals surface area contributed by atoms with Gasteiger partial charge in [-0.3, -0.25) is 24.0 Å². The minimum atomic E-state index is -0.657. The van der Waals surface area contributed by atoms with E-state index in [1.54, 1.807) is 91.9 Å². The Labute approximate surface area is 392 Å². The molecule has 67 heavy (non-hydrogen) atoms. The highest BCUT2D eigenvalue weighted by atomic mass is 32.2. The van der Waals surface area contributed by atoms with Crippen molar-refractivity contribution in [1.29, 1.82) is 0 Å². The molecule has 2 heterocycles. The second-order valence-electron chi connectivity index (χ2n) is 16.2. The van der Waals surface area contributed by atoms with Gasteiger partial charge in [0.05, 0.1) is 18.0 Å². The van der Waals surface area contributed by atoms with Gasteiger partial charge in [0.25, 0.3) is 11.8 Å². The Bertz CT molecular complexity index is 2530. The van der Waals surface area contributed by atoms with Crippen LogP contribution in [0.15, 0.2) is 121 Å². The van der Waals surface area contributed by atoms with Gasteiger partial charge in [-0.2, -0.15) is 11.8 Å². The standard InChI is InChI=1S/C51H52FN5O9S/c1-32(50(62)66-28-33-7-3-2-4-8-33)37-17-24-41(42(52)27-37)34-11-18-38(19-12-34)55-47(60)30-65-40-22-15-36(16-23-40)49(61)35-13-20-39(21-14-35)64-29-46(59)54-26-25-53-45(58)10-6-5-9-44-48-43(31-67-44)56-51(63)57-48/h2-4,7-8,11-24,27,32,43-44,48H,5-6,9-10,25-26,28-31H2,1H3,(H,53,58)(H,54,59)(H,55,60)(H2,56,57,63)/t32?,43-,44-,48-/m0/s1. The molecule has 5 N–H and O–H groups in total. The molecule has 5 aromatic carbocycles. The predicted octanol–water partition coefficient (Wildman–Crippen LogP) is 6.93. The summed E-state index contributed by atoms with van der Waals surface area (Å²) in [5.41, 5.74) is 3.58. The lowest BCUT2D eigenvalue weighted by atomic mass is 9.97. The molecule has 14 nitrogen and oxygen atoms in total. The van der Waals surface area contributed by atoms with Gasteiger partial charge in [0, 0.05) is 52.9 Å². The summed E-state index contributed by atoms with van der Waals surface area (Å²) in [7, 11) is 0. The first-order valence-corrected chi connectivity index (χ1v) is 23.2. The third-order valence-electron chi connectivity index (χ3n) is 11.4. The van der Waals surface area contributed by atoms with Gasteiger partial charge in [-0.05, 0) is 103 Å². The molecule has 2 aliphatic rings. The zero-order valence-corrected chi connectivity index (χ0v) is 37.7. The smallest absolute Gasteiger partial charge is 0.315 e. The SMILES string of the molecule is CC(C(=O)OCc1ccccc1)c1ccc(-c2ccc(NC(=O)COc3ccc(C(=O)c4ccc(OCC(=O)NCCNC(=O)CCCC[C@@H]5SC[C@@H]6NC(=O)N[C@@H]65)cc4)cc3)cc2)c(F)c1. The zero-order valence-electron chi connectivity index (χ0n) is 36.9. The molecule has 7 rings (SSSR count). The first-order valence-electron chi connectivity index (χ1n) is 22.1. The fourth-order valence-electron chi connectivity index (χ4n) is 7.64. The molecule has 16 heteroatoms. The van der Waals surface area contributed by atoms with E-state index in [-0.39, 0.29) is 62.1 Å². The molecular formula is C51H52FN5O9S. The summed E-state index contributed by atoms with van der Waals surface area (Å²) >= 11 is 1.86. The molecule has 5 amide bonds. The third kappa shape index (κ3) is 13.7. The van der Waals surface area contributed by atoms with Gasteiger partial charge in [0.2, 0.25) is 5.91 Å². The van der Waals surface area contributed by atoms with E-state index < -0.39 is 23.6 Å². The molecule has 5 aromatic rings. The van der Waals surface area contributed by atoms with Crippen LogP contribution in [0.3, 0.4) is 0 Å². The number of carbonyl (C=O) groups is 6. The highest BCUT2D eigenvalue weighted by Crippen LogP contribution is 2.33. The number of ether oxygens (including phenoxy) is 3. The van der Waals surface area contributed by atoms with Gasteiger partial charge in [-0.25, -0.2) is 9.18 Å². The van der Waals surface area contributed by atoms with Crippen LogP contribution in [0.4, 0.5) is 14.9 Å². The number of unbranched alkanes of at least 4 members (excludes halogenated alkanes) is 1.